The average molecular weight is 127 g/mol. The summed E-state index contributed by atoms with van der Waals surface area (Å²) < 4.78 is 0. The van der Waals surface area contributed by atoms with Crippen LogP contribution in [0.4, 0.5) is 0 Å². The van der Waals surface area contributed by atoms with Crippen molar-refractivity contribution in [2.24, 2.45) is 17.6 Å². The third-order valence-electron chi connectivity index (χ3n) is 2.08. The zero-order chi connectivity index (χ0) is 6.85. The van der Waals surface area contributed by atoms with Gasteiger partial charge in [-0.25, -0.2) is 0 Å². The van der Waals surface area contributed by atoms with Crippen LogP contribution in [0.25, 0.3) is 0 Å². The van der Waals surface area contributed by atoms with Crippen molar-refractivity contribution in [1.29, 1.82) is 0 Å². The Morgan fingerprint density at radius 1 is 1.44 bits per heavy atom. The zero-order valence-corrected chi connectivity index (χ0v) is 6.43. The van der Waals surface area contributed by atoms with Crippen LogP contribution in [0.5, 0.6) is 0 Å². The fourth-order valence-corrected chi connectivity index (χ4v) is 1.65. The third-order valence-corrected chi connectivity index (χ3v) is 2.08. The molecule has 54 valence electrons. The van der Waals surface area contributed by atoms with Crippen molar-refractivity contribution in [2.75, 3.05) is 0 Å². The molecule has 0 aromatic heterocycles. The van der Waals surface area contributed by atoms with E-state index in [1.54, 1.807) is 0 Å². The molecule has 1 rings (SSSR count). The monoisotopic (exact) mass is 127 g/mol. The lowest BCUT2D eigenvalue weighted by Crippen LogP contribution is -2.36. The minimum atomic E-state index is 0.536. The predicted molar refractivity (Wildman–Crippen MR) is 40.2 cm³/mol. The van der Waals surface area contributed by atoms with Crippen LogP contribution in [-0.2, 0) is 0 Å². The zero-order valence-electron chi connectivity index (χ0n) is 6.43. The first-order chi connectivity index (χ1) is 4.18. The van der Waals surface area contributed by atoms with Crippen molar-refractivity contribution in [3.05, 3.63) is 0 Å². The van der Waals surface area contributed by atoms with Gasteiger partial charge in [0.1, 0.15) is 0 Å². The first kappa shape index (κ1) is 7.07. The van der Waals surface area contributed by atoms with Crippen molar-refractivity contribution in [3.8, 4) is 0 Å². The van der Waals surface area contributed by atoms with E-state index in [0.29, 0.717) is 6.04 Å². The Hall–Kier alpha value is -0.0400. The average Bonchev–Trinajstić information content (AvgIpc) is 1.60. The molecule has 0 radical (unpaired) electrons. The fourth-order valence-electron chi connectivity index (χ4n) is 1.65. The molecule has 1 heteroatoms. The molecule has 2 N–H and O–H groups in total. The number of hydrogen-bond donors (Lipinski definition) is 1. The van der Waals surface area contributed by atoms with Crippen LogP contribution in [-0.4, -0.2) is 6.04 Å². The topological polar surface area (TPSA) is 26.0 Å². The first-order valence-electron chi connectivity index (χ1n) is 3.94. The largest absolute Gasteiger partial charge is 0.328 e. The van der Waals surface area contributed by atoms with E-state index in [2.05, 4.69) is 13.8 Å². The summed E-state index contributed by atoms with van der Waals surface area (Å²) in [5.41, 5.74) is 5.64. The summed E-state index contributed by atoms with van der Waals surface area (Å²) >= 11 is 0. The molecule has 1 aliphatic carbocycles. The molecule has 0 spiro atoms. The van der Waals surface area contributed by atoms with Gasteiger partial charge in [0.2, 0.25) is 0 Å². The van der Waals surface area contributed by atoms with Crippen LogP contribution in [0.15, 0.2) is 0 Å². The molecule has 0 aliphatic heterocycles. The van der Waals surface area contributed by atoms with Gasteiger partial charge in [-0.2, -0.15) is 0 Å². The SMILES string of the molecule is CC(C)C[C@H]1C[C@H](N)C1. The van der Waals surface area contributed by atoms with Crippen molar-refractivity contribution < 1.29 is 0 Å². The summed E-state index contributed by atoms with van der Waals surface area (Å²) in [4.78, 5) is 0. The summed E-state index contributed by atoms with van der Waals surface area (Å²) in [6.45, 7) is 4.56. The van der Waals surface area contributed by atoms with Gasteiger partial charge >= 0.3 is 0 Å². The Morgan fingerprint density at radius 2 is 2.00 bits per heavy atom. The molecule has 0 atom stereocenters. The van der Waals surface area contributed by atoms with Gasteiger partial charge in [0.25, 0.3) is 0 Å². The minimum absolute atomic E-state index is 0.536. The second-order valence-corrected chi connectivity index (χ2v) is 3.73. The molecule has 1 fully saturated rings. The maximum atomic E-state index is 5.64. The minimum Gasteiger partial charge on any atom is -0.328 e. The molecule has 0 aromatic rings. The van der Waals surface area contributed by atoms with Crippen molar-refractivity contribution in [3.63, 3.8) is 0 Å². The van der Waals surface area contributed by atoms with Crippen LogP contribution >= 0.6 is 0 Å². The quantitative estimate of drug-likeness (QED) is 0.601. The molecule has 0 unspecified atom stereocenters. The molecule has 9 heavy (non-hydrogen) atoms. The van der Waals surface area contributed by atoms with Crippen molar-refractivity contribution in [2.45, 2.75) is 39.2 Å². The van der Waals surface area contributed by atoms with Crippen molar-refractivity contribution >= 4 is 0 Å². The molecule has 1 saturated carbocycles. The molecular weight excluding hydrogens is 110 g/mol. The highest BCUT2D eigenvalue weighted by atomic mass is 14.7. The van der Waals surface area contributed by atoms with Crippen LogP contribution in [0.1, 0.15) is 33.1 Å². The summed E-state index contributed by atoms with van der Waals surface area (Å²) in [6, 6.07) is 0.536. The number of hydrogen-bond acceptors (Lipinski definition) is 1. The normalized spacial score (nSPS) is 34.7. The molecular formula is C8H17N. The second-order valence-electron chi connectivity index (χ2n) is 3.73. The van der Waals surface area contributed by atoms with Crippen LogP contribution in [0, 0.1) is 11.8 Å². The van der Waals surface area contributed by atoms with Crippen LogP contribution in [0.2, 0.25) is 0 Å². The maximum absolute atomic E-state index is 5.64. The van der Waals surface area contributed by atoms with Gasteiger partial charge in [0.05, 0.1) is 0 Å². The first-order valence-corrected chi connectivity index (χ1v) is 3.94. The van der Waals surface area contributed by atoms with Gasteiger partial charge in [0, 0.05) is 6.04 Å². The van der Waals surface area contributed by atoms with E-state index in [0.717, 1.165) is 11.8 Å². The summed E-state index contributed by atoms with van der Waals surface area (Å²) in [6.07, 6.45) is 3.93. The molecule has 0 heterocycles. The lowest BCUT2D eigenvalue weighted by atomic mass is 9.76. The molecule has 1 nitrogen and oxygen atoms in total. The lowest BCUT2D eigenvalue weighted by Gasteiger charge is -2.33. The van der Waals surface area contributed by atoms with Gasteiger partial charge in [0.15, 0.2) is 0 Å². The predicted octanol–water partition coefficient (Wildman–Crippen LogP) is 1.77. The van der Waals surface area contributed by atoms with E-state index in [9.17, 15) is 0 Å². The van der Waals surface area contributed by atoms with Crippen molar-refractivity contribution in [1.82, 2.24) is 0 Å². The highest BCUT2D eigenvalue weighted by molar-refractivity contribution is 4.82. The second kappa shape index (κ2) is 2.70. The van der Waals surface area contributed by atoms with Gasteiger partial charge < -0.3 is 5.73 Å². The van der Waals surface area contributed by atoms with Gasteiger partial charge in [-0.05, 0) is 31.1 Å². The van der Waals surface area contributed by atoms with Gasteiger partial charge in [-0.1, -0.05) is 13.8 Å². The van der Waals surface area contributed by atoms with E-state index in [4.69, 9.17) is 5.73 Å². The summed E-state index contributed by atoms with van der Waals surface area (Å²) in [5, 5.41) is 0. The highest BCUT2D eigenvalue weighted by Gasteiger charge is 2.25. The Morgan fingerprint density at radius 3 is 2.33 bits per heavy atom. The van der Waals surface area contributed by atoms with Gasteiger partial charge in [-0.15, -0.1) is 0 Å². The number of rotatable bonds is 2. The third kappa shape index (κ3) is 1.98. The Balaban J connectivity index is 2.04. The van der Waals surface area contributed by atoms with E-state index < -0.39 is 0 Å². The van der Waals surface area contributed by atoms with Gasteiger partial charge in [-0.3, -0.25) is 0 Å². The van der Waals surface area contributed by atoms with E-state index in [1.807, 2.05) is 0 Å². The van der Waals surface area contributed by atoms with Crippen LogP contribution in [0.3, 0.4) is 0 Å². The van der Waals surface area contributed by atoms with E-state index in [1.165, 1.54) is 19.3 Å². The Kier molecular flexibility index (Phi) is 2.12. The summed E-state index contributed by atoms with van der Waals surface area (Å²) in [7, 11) is 0. The summed E-state index contributed by atoms with van der Waals surface area (Å²) in [5.74, 6) is 1.82. The molecule has 0 aromatic carbocycles. The molecule has 0 saturated heterocycles. The van der Waals surface area contributed by atoms with E-state index in [-0.39, 0.29) is 0 Å². The molecule has 0 amide bonds. The number of nitrogens with two attached hydrogens (primary N) is 1. The maximum Gasteiger partial charge on any atom is 0.00441 e. The smallest absolute Gasteiger partial charge is 0.00441 e. The highest BCUT2D eigenvalue weighted by Crippen LogP contribution is 2.30. The Bertz CT molecular complexity index is 82.6. The lowest BCUT2D eigenvalue weighted by molar-refractivity contribution is 0.226. The Labute approximate surface area is 57.6 Å². The van der Waals surface area contributed by atoms with Crippen LogP contribution < -0.4 is 5.73 Å². The molecule has 0 bridgehead atoms. The van der Waals surface area contributed by atoms with E-state index >= 15 is 0 Å². The standard InChI is InChI=1S/C8H17N/c1-6(2)3-7-4-8(9)5-7/h6-8H,3-5,9H2,1-2H3/t7-,8-. The fraction of sp³-hybridized carbons (Fsp3) is 1.00. The molecule has 1 aliphatic rings.